The predicted octanol–water partition coefficient (Wildman–Crippen LogP) is 3.99. The molecule has 0 spiro atoms. The largest absolute Gasteiger partial charge is 0.459 e. The number of hydrogen-bond donors (Lipinski definition) is 5. The Balaban J connectivity index is 1.48. The van der Waals surface area contributed by atoms with Crippen molar-refractivity contribution in [3.63, 3.8) is 0 Å². The molecule has 2 aliphatic heterocycles. The van der Waals surface area contributed by atoms with Gasteiger partial charge in [0.05, 0.1) is 53.0 Å². The number of amides is 1. The summed E-state index contributed by atoms with van der Waals surface area (Å²) in [5.74, 6) is -5.58. The molecule has 1 amide bonds. The van der Waals surface area contributed by atoms with Gasteiger partial charge in [0, 0.05) is 43.1 Å². The van der Waals surface area contributed by atoms with Crippen LogP contribution in [0.4, 0.5) is 5.69 Å². The number of hydrogen-bond acceptors (Lipinski definition) is 17. The second kappa shape index (κ2) is 24.3. The van der Waals surface area contributed by atoms with Gasteiger partial charge in [0.1, 0.15) is 29.7 Å². The molecule has 0 bridgehead atoms. The van der Waals surface area contributed by atoms with E-state index in [2.05, 4.69) is 15.6 Å². The molecular formula is C46H70Cl2N6O14. The van der Waals surface area contributed by atoms with Gasteiger partial charge < -0.3 is 49.6 Å². The summed E-state index contributed by atoms with van der Waals surface area (Å²) in [7, 11) is 1.86. The minimum atomic E-state index is -1.93. The van der Waals surface area contributed by atoms with Gasteiger partial charge in [-0.3, -0.25) is 34.0 Å². The number of ketones is 1. The molecule has 4 rings (SSSR count). The topological polar surface area (TPSA) is 275 Å². The molecule has 382 valence electrons. The molecule has 0 aliphatic carbocycles. The Hall–Kier alpha value is -3.86. The molecule has 2 aromatic rings. The minimum absolute atomic E-state index is 0.0584. The second-order valence-corrected chi connectivity index (χ2v) is 20.3. The van der Waals surface area contributed by atoms with Crippen molar-refractivity contribution in [1.29, 1.82) is 0 Å². The first-order valence-electron chi connectivity index (χ1n) is 23.1. The number of ether oxygens (including phenoxy) is 4. The highest BCUT2D eigenvalue weighted by Gasteiger charge is 2.50. The summed E-state index contributed by atoms with van der Waals surface area (Å²) in [6.45, 7) is 14.7. The van der Waals surface area contributed by atoms with Crippen LogP contribution in [0.2, 0.25) is 0 Å². The van der Waals surface area contributed by atoms with E-state index in [-0.39, 0.29) is 37.6 Å². The summed E-state index contributed by atoms with van der Waals surface area (Å²) in [4.78, 5) is 63.4. The Morgan fingerprint density at radius 1 is 1.07 bits per heavy atom. The highest BCUT2D eigenvalue weighted by atomic mass is 35.5. The first kappa shape index (κ1) is 56.7. The van der Waals surface area contributed by atoms with Crippen molar-refractivity contribution in [2.75, 3.05) is 13.6 Å². The Morgan fingerprint density at radius 2 is 1.72 bits per heavy atom. The van der Waals surface area contributed by atoms with Crippen LogP contribution in [0.25, 0.3) is 0 Å². The summed E-state index contributed by atoms with van der Waals surface area (Å²) in [5.41, 5.74) is -2.86. The number of non-ortho nitro benzene ring substituents is 1. The molecule has 2 fully saturated rings. The Bertz CT molecular complexity index is 2020. The van der Waals surface area contributed by atoms with Gasteiger partial charge in [0.2, 0.25) is 0 Å². The zero-order valence-corrected chi connectivity index (χ0v) is 42.0. The van der Waals surface area contributed by atoms with E-state index in [9.17, 15) is 49.7 Å². The first-order valence-corrected chi connectivity index (χ1v) is 24.0. The number of rotatable bonds is 16. The van der Waals surface area contributed by atoms with Gasteiger partial charge in [-0.1, -0.05) is 63.0 Å². The van der Waals surface area contributed by atoms with Gasteiger partial charge in [-0.05, 0) is 96.5 Å². The van der Waals surface area contributed by atoms with Crippen LogP contribution in [-0.4, -0.2) is 147 Å². The summed E-state index contributed by atoms with van der Waals surface area (Å²) >= 11 is 11.7. The molecule has 68 heavy (non-hydrogen) atoms. The van der Waals surface area contributed by atoms with E-state index in [4.69, 9.17) is 42.1 Å². The number of Topliss-reactive ketones (excluding diaryl/α,β-unsaturated/α-hetero) is 1. The van der Waals surface area contributed by atoms with Gasteiger partial charge >= 0.3 is 11.9 Å². The molecule has 15 atom stereocenters. The van der Waals surface area contributed by atoms with Gasteiger partial charge in [0.25, 0.3) is 11.6 Å². The van der Waals surface area contributed by atoms with Crippen LogP contribution >= 0.6 is 23.2 Å². The van der Waals surface area contributed by atoms with Crippen LogP contribution in [0, 0.1) is 33.8 Å². The molecule has 20 nitrogen and oxygen atoms in total. The third kappa shape index (κ3) is 14.6. The van der Waals surface area contributed by atoms with E-state index in [1.807, 2.05) is 25.8 Å². The fourth-order valence-electron chi connectivity index (χ4n) is 9.63. The molecule has 0 unspecified atom stereocenters. The van der Waals surface area contributed by atoms with Crippen molar-refractivity contribution in [1.82, 2.24) is 25.2 Å². The zero-order chi connectivity index (χ0) is 51.0. The molecule has 0 radical (unpaired) electrons. The average molecular weight is 1000 g/mol. The number of cyclic esters (lactones) is 1. The molecule has 1 aromatic carbocycles. The lowest BCUT2D eigenvalue weighted by molar-refractivity contribution is -0.384. The van der Waals surface area contributed by atoms with Crippen LogP contribution in [0.15, 0.2) is 30.5 Å². The van der Waals surface area contributed by atoms with Gasteiger partial charge in [-0.15, -0.1) is 5.10 Å². The second-order valence-electron chi connectivity index (χ2n) is 19.2. The SMILES string of the molecule is CC[C@H]1OC(=O)[C@H](C)C[C@H](C)[C@@H](O[C@@H]2O[C@H](C)C[C@H](N(C)CCCc3cn(C[C@H](NC(=O)C(Cl)Cl)[C@@H](OC(C)=O)c4ccc([N+](=O)[O-])cc4)nn3)[C@H]2O)[C@](C)(O)C[C@@H](C)C(=O)[C@H](C)[C@@H](O)[C@]1(C)O. The van der Waals surface area contributed by atoms with E-state index in [0.29, 0.717) is 37.1 Å². The number of nitrogens with one attached hydrogen (secondary N) is 1. The van der Waals surface area contributed by atoms with Crippen LogP contribution < -0.4 is 5.32 Å². The van der Waals surface area contributed by atoms with Crippen molar-refractivity contribution in [2.24, 2.45) is 23.7 Å². The van der Waals surface area contributed by atoms with Gasteiger partial charge in [-0.25, -0.2) is 0 Å². The number of esters is 2. The van der Waals surface area contributed by atoms with Crippen molar-refractivity contribution in [3.05, 3.63) is 51.8 Å². The lowest BCUT2D eigenvalue weighted by atomic mass is 9.74. The fourth-order valence-corrected chi connectivity index (χ4v) is 9.76. The summed E-state index contributed by atoms with van der Waals surface area (Å²) in [6, 6.07) is 3.89. The number of nitro groups is 1. The van der Waals surface area contributed by atoms with E-state index in [0.717, 1.165) is 0 Å². The fraction of sp³-hybridized carbons (Fsp3) is 0.739. The lowest BCUT2D eigenvalue weighted by Gasteiger charge is -2.46. The minimum Gasteiger partial charge on any atom is -0.459 e. The third-order valence-electron chi connectivity index (χ3n) is 13.3. The molecule has 2 aliphatic rings. The maximum absolute atomic E-state index is 13.7. The number of halogens is 2. The molecule has 5 N–H and O–H groups in total. The first-order chi connectivity index (χ1) is 31.7. The number of aliphatic hydroxyl groups is 4. The number of nitrogens with zero attached hydrogens (tertiary/aromatic N) is 5. The van der Waals surface area contributed by atoms with Crippen LogP contribution in [0.5, 0.6) is 0 Å². The summed E-state index contributed by atoms with van der Waals surface area (Å²) in [5, 5.41) is 69.1. The van der Waals surface area contributed by atoms with Crippen molar-refractivity contribution in [3.8, 4) is 0 Å². The average Bonchev–Trinajstić information content (AvgIpc) is 3.72. The Labute approximate surface area is 407 Å². The maximum Gasteiger partial charge on any atom is 0.309 e. The standard InChI is InChI=1S/C46H70Cl2N6O14/c1-11-35-46(9,62)39(58)28(6)36(56)26(4)21-45(8,61)40(24(2)19-25(3)43(60)67-35)68-44-37(57)34(20-27(5)65-44)52(10)18-12-13-31-22-53(51-50-31)23-33(49-42(59)41(47)48)38(66-29(7)55)30-14-16-32(17-15-30)54(63)64/h14-17,22,24-28,33-35,37-41,44,57-58,61-62H,11-13,18-21,23H2,1-10H3,(H,49,59)/t24-,25+,26+,27+,28-,33-,34-,35+,37+,38-,39+,40+,44-,45+,46+/m0/s1. The highest BCUT2D eigenvalue weighted by molar-refractivity contribution is 6.53. The molecule has 2 saturated heterocycles. The number of carbonyl (C=O) groups excluding carboxylic acids is 4. The number of aliphatic hydroxyl groups excluding tert-OH is 2. The monoisotopic (exact) mass is 1000 g/mol. The van der Waals surface area contributed by atoms with Crippen molar-refractivity contribution >= 4 is 52.5 Å². The maximum atomic E-state index is 13.7. The molecule has 1 aromatic heterocycles. The molecular weight excluding hydrogens is 931 g/mol. The molecule has 3 heterocycles. The van der Waals surface area contributed by atoms with E-state index >= 15 is 0 Å². The van der Waals surface area contributed by atoms with Crippen LogP contribution in [-0.2, 0) is 51.1 Å². The summed E-state index contributed by atoms with van der Waals surface area (Å²) < 4.78 is 25.6. The number of carbonyl (C=O) groups is 4. The van der Waals surface area contributed by atoms with E-state index in [1.165, 1.54) is 56.6 Å². The predicted molar refractivity (Wildman–Crippen MR) is 248 cm³/mol. The quantitative estimate of drug-likeness (QED) is 0.0688. The number of nitro benzene ring substituents is 1. The number of aromatic nitrogens is 3. The Kier molecular flexibility index (Phi) is 20.3. The number of benzene rings is 1. The van der Waals surface area contributed by atoms with E-state index in [1.54, 1.807) is 27.0 Å². The van der Waals surface area contributed by atoms with E-state index < -0.39 is 117 Å². The van der Waals surface area contributed by atoms with Gasteiger partial charge in [-0.2, -0.15) is 0 Å². The summed E-state index contributed by atoms with van der Waals surface area (Å²) in [6.07, 6.45) is -4.22. The molecule has 0 saturated carbocycles. The lowest BCUT2D eigenvalue weighted by Crippen LogP contribution is -2.59. The number of likely N-dealkylation sites (N-methyl/N-ethyl adjacent to an activating group) is 1. The highest BCUT2D eigenvalue weighted by Crippen LogP contribution is 2.38. The molecule has 22 heteroatoms. The third-order valence-corrected chi connectivity index (χ3v) is 13.7. The Morgan fingerprint density at radius 3 is 2.31 bits per heavy atom. The smallest absolute Gasteiger partial charge is 0.309 e. The van der Waals surface area contributed by atoms with Crippen molar-refractivity contribution < 1.29 is 63.5 Å². The number of alkyl halides is 2. The van der Waals surface area contributed by atoms with Gasteiger partial charge in [0.15, 0.2) is 11.1 Å². The van der Waals surface area contributed by atoms with Crippen molar-refractivity contribution in [2.45, 2.75) is 178 Å². The zero-order valence-electron chi connectivity index (χ0n) is 40.5. The van der Waals surface area contributed by atoms with Crippen LogP contribution in [0.3, 0.4) is 0 Å². The number of aryl methyl sites for hydroxylation is 1. The van der Waals surface area contributed by atoms with Crippen LogP contribution in [0.1, 0.15) is 112 Å². The normalized spacial score (nSPS) is 33.1.